The number of ether oxygens (including phenoxy) is 12. The number of carbonyl (C=O) groups is 2. The SMILES string of the molecule is CC(=O)CCOCCOCCOCCOCCOCCOCCOCCOCCOCCOCCOCCOCCNC(=O)C(CCCN(CC(O)C(O)C(O)CCO)CC(O)C(O)C(O)CCO)NCC(O)C(O)C(O)CCO. The summed E-state index contributed by atoms with van der Waals surface area (Å²) in [5.41, 5.74) is 0. The number of aliphatic hydroxyl groups excluding tert-OH is 12. The second-order valence-electron chi connectivity index (χ2n) is 18.4. The number of nitrogens with zero attached hydrogens (tertiary/aromatic N) is 1. The van der Waals surface area contributed by atoms with Gasteiger partial charge < -0.3 is 129 Å². The van der Waals surface area contributed by atoms with Crippen LogP contribution in [-0.2, 0) is 66.4 Å². The maximum Gasteiger partial charge on any atom is 0.237 e. The molecule has 14 N–H and O–H groups in total. The van der Waals surface area contributed by atoms with Crippen molar-refractivity contribution in [3.63, 3.8) is 0 Å². The largest absolute Gasteiger partial charge is 0.396 e. The van der Waals surface area contributed by atoms with Crippen LogP contribution in [0, 0.1) is 0 Å². The van der Waals surface area contributed by atoms with Crippen molar-refractivity contribution in [3.05, 3.63) is 0 Å². The third-order valence-corrected chi connectivity index (χ3v) is 11.6. The van der Waals surface area contributed by atoms with Gasteiger partial charge in [-0.1, -0.05) is 0 Å². The maximum absolute atomic E-state index is 13.4. The Morgan fingerprint density at radius 3 is 0.975 bits per heavy atom. The van der Waals surface area contributed by atoms with Crippen molar-refractivity contribution in [3.8, 4) is 0 Å². The van der Waals surface area contributed by atoms with E-state index in [2.05, 4.69) is 10.6 Å². The first-order chi connectivity index (χ1) is 38.7. The third-order valence-electron chi connectivity index (χ3n) is 11.6. The number of carbonyl (C=O) groups excluding carboxylic acids is 2. The first-order valence-electron chi connectivity index (χ1n) is 27.8. The average Bonchev–Trinajstić information content (AvgIpc) is 3.43. The number of nitrogens with one attached hydrogen (secondary N) is 2. The van der Waals surface area contributed by atoms with Gasteiger partial charge in [-0.2, -0.15) is 0 Å². The molecule has 0 fully saturated rings. The zero-order chi connectivity index (χ0) is 59.3. The minimum absolute atomic E-state index is 0.0274. The van der Waals surface area contributed by atoms with E-state index in [4.69, 9.17) is 72.2 Å². The van der Waals surface area contributed by atoms with Crippen molar-refractivity contribution in [2.75, 3.05) is 211 Å². The van der Waals surface area contributed by atoms with E-state index in [0.717, 1.165) is 0 Å². The summed E-state index contributed by atoms with van der Waals surface area (Å²) < 4.78 is 65.6. The molecule has 80 heavy (non-hydrogen) atoms. The molecule has 0 saturated heterocycles. The van der Waals surface area contributed by atoms with Crippen LogP contribution in [-0.4, -0.2) is 350 Å². The maximum atomic E-state index is 13.4. The van der Waals surface area contributed by atoms with Crippen LogP contribution in [0.4, 0.5) is 0 Å². The summed E-state index contributed by atoms with van der Waals surface area (Å²) >= 11 is 0. The van der Waals surface area contributed by atoms with E-state index in [0.29, 0.717) is 145 Å². The van der Waals surface area contributed by atoms with Crippen molar-refractivity contribution in [2.24, 2.45) is 0 Å². The highest BCUT2D eigenvalue weighted by Crippen LogP contribution is 2.12. The molecule has 1 amide bonds. The molecule has 0 aliphatic heterocycles. The van der Waals surface area contributed by atoms with Crippen molar-refractivity contribution >= 4 is 11.7 Å². The molecule has 0 aromatic heterocycles. The first-order valence-corrected chi connectivity index (χ1v) is 27.8. The summed E-state index contributed by atoms with van der Waals surface area (Å²) in [4.78, 5) is 25.6. The molecule has 478 valence electrons. The smallest absolute Gasteiger partial charge is 0.237 e. The monoisotopic (exact) mass is 1170 g/mol. The summed E-state index contributed by atoms with van der Waals surface area (Å²) in [5, 5.41) is 126. The van der Waals surface area contributed by atoms with Crippen molar-refractivity contribution in [1.82, 2.24) is 15.5 Å². The molecule has 10 unspecified atom stereocenters. The molecule has 0 aromatic carbocycles. The lowest BCUT2D eigenvalue weighted by Gasteiger charge is -2.32. The number of amides is 1. The standard InChI is InChI=1S/C51H103N3O26/c1-40(58)7-13-69-15-17-71-19-21-73-23-25-75-27-29-77-31-33-79-35-36-80-34-32-78-30-28-76-26-24-74-22-20-72-18-16-70-14-8-52-51(68)41(53-37-45(62)48(65)42(59)4-10-55)3-2-9-54(38-46(63)49(66)43(60)5-11-56)39-47(64)50(67)44(61)6-12-57/h41-50,53,55-57,59-67H,2-39H2,1H3,(H,52,68). The third kappa shape index (κ3) is 46.5. The van der Waals surface area contributed by atoms with Crippen LogP contribution in [0.25, 0.3) is 0 Å². The molecule has 0 rings (SSSR count). The van der Waals surface area contributed by atoms with E-state index in [1.54, 1.807) is 0 Å². The molecule has 0 aliphatic carbocycles. The van der Waals surface area contributed by atoms with Gasteiger partial charge in [-0.25, -0.2) is 0 Å². The highest BCUT2D eigenvalue weighted by Gasteiger charge is 2.31. The predicted octanol–water partition coefficient (Wildman–Crippen LogP) is -6.28. The van der Waals surface area contributed by atoms with E-state index in [1.165, 1.54) is 11.8 Å². The lowest BCUT2D eigenvalue weighted by Crippen LogP contribution is -2.51. The Labute approximate surface area is 471 Å². The highest BCUT2D eigenvalue weighted by molar-refractivity contribution is 5.81. The van der Waals surface area contributed by atoms with Gasteiger partial charge >= 0.3 is 0 Å². The Kier molecular flexibility index (Phi) is 54.9. The number of Topliss-reactive ketones (excluding diaryl/α,β-unsaturated/α-hetero) is 1. The molecule has 0 radical (unpaired) electrons. The number of hydrogen-bond donors (Lipinski definition) is 14. The summed E-state index contributed by atoms with van der Waals surface area (Å²) in [6, 6.07) is -1.00. The molecule has 29 nitrogen and oxygen atoms in total. The molecular formula is C51H103N3O26. The highest BCUT2D eigenvalue weighted by atomic mass is 16.6. The van der Waals surface area contributed by atoms with Gasteiger partial charge in [0.05, 0.1) is 201 Å². The van der Waals surface area contributed by atoms with Crippen LogP contribution in [0.5, 0.6) is 0 Å². The van der Waals surface area contributed by atoms with Crippen LogP contribution < -0.4 is 10.6 Å². The van der Waals surface area contributed by atoms with Gasteiger partial charge in [0.15, 0.2) is 0 Å². The summed E-state index contributed by atoms with van der Waals surface area (Å²) in [6.07, 6.45) is -14.1. The van der Waals surface area contributed by atoms with E-state index in [9.17, 15) is 55.5 Å². The molecule has 0 aliphatic rings. The van der Waals surface area contributed by atoms with E-state index in [-0.39, 0.29) is 90.4 Å². The Morgan fingerprint density at radius 2 is 0.675 bits per heavy atom. The lowest BCUT2D eigenvalue weighted by molar-refractivity contribution is -0.124. The fourth-order valence-corrected chi connectivity index (χ4v) is 7.02. The van der Waals surface area contributed by atoms with Crippen molar-refractivity contribution in [1.29, 1.82) is 0 Å². The van der Waals surface area contributed by atoms with E-state index >= 15 is 0 Å². The second kappa shape index (κ2) is 56.2. The molecule has 0 saturated carbocycles. The Morgan fingerprint density at radius 1 is 0.388 bits per heavy atom. The summed E-state index contributed by atoms with van der Waals surface area (Å²) in [5.74, 6) is -0.414. The molecule has 0 heterocycles. The topological polar surface area (TPSA) is 415 Å². The molecule has 0 aromatic rings. The Bertz CT molecular complexity index is 1340. The second-order valence-corrected chi connectivity index (χ2v) is 18.4. The number of hydrogen-bond acceptors (Lipinski definition) is 28. The predicted molar refractivity (Wildman–Crippen MR) is 285 cm³/mol. The zero-order valence-corrected chi connectivity index (χ0v) is 47.2. The molecule has 0 spiro atoms. The van der Waals surface area contributed by atoms with Gasteiger partial charge in [0, 0.05) is 52.4 Å². The van der Waals surface area contributed by atoms with E-state index < -0.39 is 86.7 Å². The fourth-order valence-electron chi connectivity index (χ4n) is 7.02. The number of ketones is 1. The van der Waals surface area contributed by atoms with E-state index in [1.807, 2.05) is 0 Å². The quantitative estimate of drug-likeness (QED) is 0.0252. The Balaban J connectivity index is 4.21. The summed E-state index contributed by atoms with van der Waals surface area (Å²) in [7, 11) is 0. The normalized spacial score (nSPS) is 15.8. The average molecular weight is 1170 g/mol. The minimum Gasteiger partial charge on any atom is -0.396 e. The van der Waals surface area contributed by atoms with Crippen molar-refractivity contribution < 1.29 is 128 Å². The van der Waals surface area contributed by atoms with Gasteiger partial charge in [-0.3, -0.25) is 14.5 Å². The zero-order valence-electron chi connectivity index (χ0n) is 47.2. The lowest BCUT2D eigenvalue weighted by atomic mass is 10.0. The number of rotatable bonds is 63. The molecule has 10 atom stereocenters. The van der Waals surface area contributed by atoms with Gasteiger partial charge in [-0.05, 0) is 45.6 Å². The van der Waals surface area contributed by atoms with Crippen LogP contribution >= 0.6 is 0 Å². The van der Waals surface area contributed by atoms with Crippen LogP contribution in [0.3, 0.4) is 0 Å². The fraction of sp³-hybridized carbons (Fsp3) is 0.961. The van der Waals surface area contributed by atoms with Gasteiger partial charge in [0.2, 0.25) is 5.91 Å². The van der Waals surface area contributed by atoms with Crippen molar-refractivity contribution in [2.45, 2.75) is 106 Å². The van der Waals surface area contributed by atoms with Gasteiger partial charge in [-0.15, -0.1) is 0 Å². The minimum atomic E-state index is -1.69. The molecule has 29 heteroatoms. The first kappa shape index (κ1) is 78.1. The number of aliphatic hydroxyl groups is 12. The van der Waals surface area contributed by atoms with Gasteiger partial charge in [0.25, 0.3) is 0 Å². The van der Waals surface area contributed by atoms with Crippen LogP contribution in [0.15, 0.2) is 0 Å². The summed E-state index contributed by atoms with van der Waals surface area (Å²) in [6.45, 7) is 8.74. The van der Waals surface area contributed by atoms with Crippen LogP contribution in [0.1, 0.15) is 45.4 Å². The van der Waals surface area contributed by atoms with Crippen LogP contribution in [0.2, 0.25) is 0 Å². The molecular weight excluding hydrogens is 1070 g/mol. The van der Waals surface area contributed by atoms with Gasteiger partial charge in [0.1, 0.15) is 24.1 Å². The Hall–Kier alpha value is -1.90. The molecule has 0 bridgehead atoms.